The number of piperidine rings is 1. The average Bonchev–Trinajstić information content (AvgIpc) is 2.66. The van der Waals surface area contributed by atoms with E-state index in [9.17, 15) is 13.2 Å². The molecule has 0 aliphatic carbocycles. The summed E-state index contributed by atoms with van der Waals surface area (Å²) < 4.78 is 26.0. The van der Waals surface area contributed by atoms with Crippen molar-refractivity contribution in [3.8, 4) is 0 Å². The Hall–Kier alpha value is -2.34. The Morgan fingerprint density at radius 3 is 2.32 bits per heavy atom. The molecule has 150 valence electrons. The zero-order valence-electron chi connectivity index (χ0n) is 16.8. The third kappa shape index (κ3) is 4.93. The minimum Gasteiger partial charge on any atom is -0.339 e. The number of hydrogen-bond acceptors (Lipinski definition) is 3. The Morgan fingerprint density at radius 2 is 1.75 bits per heavy atom. The molecular weight excluding hydrogens is 372 g/mol. The summed E-state index contributed by atoms with van der Waals surface area (Å²) in [7, 11) is -3.42. The number of nitrogens with zero attached hydrogens (tertiary/aromatic N) is 2. The standard InChI is InChI=1S/C22H28N2O3S/c1-17-11-13-23(14-12-17)22(25)20-9-7-19(8-10-20)16-24(28(3,26)27)21-6-4-5-18(2)15-21/h4-10,15,17H,11-14,16H2,1-3H3. The third-order valence-corrected chi connectivity index (χ3v) is 6.43. The Balaban J connectivity index is 1.75. The van der Waals surface area contributed by atoms with E-state index < -0.39 is 10.0 Å². The SMILES string of the molecule is Cc1cccc(N(Cc2ccc(C(=O)N3CCC(C)CC3)cc2)S(C)(=O)=O)c1. The first-order valence-corrected chi connectivity index (χ1v) is 11.5. The highest BCUT2D eigenvalue weighted by Crippen LogP contribution is 2.23. The minimum atomic E-state index is -3.42. The molecule has 0 bridgehead atoms. The first kappa shape index (κ1) is 20.4. The molecule has 1 amide bonds. The van der Waals surface area contributed by atoms with Crippen molar-refractivity contribution in [2.75, 3.05) is 23.7 Å². The molecule has 0 saturated carbocycles. The van der Waals surface area contributed by atoms with Gasteiger partial charge < -0.3 is 4.90 Å². The number of likely N-dealkylation sites (tertiary alicyclic amines) is 1. The summed E-state index contributed by atoms with van der Waals surface area (Å²) in [6, 6.07) is 14.7. The fourth-order valence-corrected chi connectivity index (χ4v) is 4.38. The van der Waals surface area contributed by atoms with E-state index in [0.29, 0.717) is 17.2 Å². The number of rotatable bonds is 5. The van der Waals surface area contributed by atoms with Gasteiger partial charge in [0.25, 0.3) is 5.91 Å². The number of aryl methyl sites for hydroxylation is 1. The van der Waals surface area contributed by atoms with Crippen LogP contribution < -0.4 is 4.31 Å². The van der Waals surface area contributed by atoms with Crippen molar-refractivity contribution < 1.29 is 13.2 Å². The smallest absolute Gasteiger partial charge is 0.253 e. The highest BCUT2D eigenvalue weighted by Gasteiger charge is 2.22. The molecule has 0 unspecified atom stereocenters. The van der Waals surface area contributed by atoms with E-state index in [0.717, 1.165) is 37.1 Å². The van der Waals surface area contributed by atoms with Crippen LogP contribution in [0.5, 0.6) is 0 Å². The van der Waals surface area contributed by atoms with Crippen LogP contribution >= 0.6 is 0 Å². The Morgan fingerprint density at radius 1 is 1.11 bits per heavy atom. The van der Waals surface area contributed by atoms with E-state index in [1.54, 1.807) is 18.2 Å². The highest BCUT2D eigenvalue weighted by molar-refractivity contribution is 7.92. The fourth-order valence-electron chi connectivity index (χ4n) is 3.50. The molecule has 0 N–H and O–H groups in total. The van der Waals surface area contributed by atoms with Crippen LogP contribution in [0.2, 0.25) is 0 Å². The van der Waals surface area contributed by atoms with Gasteiger partial charge in [0, 0.05) is 18.7 Å². The van der Waals surface area contributed by atoms with Gasteiger partial charge in [-0.05, 0) is 61.1 Å². The summed E-state index contributed by atoms with van der Waals surface area (Å²) in [6.45, 7) is 6.00. The molecule has 1 aliphatic rings. The lowest BCUT2D eigenvalue weighted by Gasteiger charge is -2.30. The number of amides is 1. The summed E-state index contributed by atoms with van der Waals surface area (Å²) in [5, 5.41) is 0. The molecule has 0 atom stereocenters. The van der Waals surface area contributed by atoms with Gasteiger partial charge in [0.2, 0.25) is 10.0 Å². The van der Waals surface area contributed by atoms with Gasteiger partial charge in [-0.15, -0.1) is 0 Å². The zero-order chi connectivity index (χ0) is 20.3. The van der Waals surface area contributed by atoms with Gasteiger partial charge >= 0.3 is 0 Å². The van der Waals surface area contributed by atoms with Gasteiger partial charge in [0.15, 0.2) is 0 Å². The molecule has 0 spiro atoms. The van der Waals surface area contributed by atoms with Crippen LogP contribution in [0.15, 0.2) is 48.5 Å². The molecule has 2 aromatic carbocycles. The van der Waals surface area contributed by atoms with Gasteiger partial charge in [-0.25, -0.2) is 8.42 Å². The second-order valence-electron chi connectivity index (χ2n) is 7.78. The van der Waals surface area contributed by atoms with Crippen molar-refractivity contribution in [1.82, 2.24) is 4.90 Å². The van der Waals surface area contributed by atoms with E-state index in [4.69, 9.17) is 0 Å². The molecule has 5 nitrogen and oxygen atoms in total. The Bertz CT molecular complexity index is 931. The van der Waals surface area contributed by atoms with Crippen LogP contribution in [-0.4, -0.2) is 38.6 Å². The predicted molar refractivity (Wildman–Crippen MR) is 113 cm³/mol. The Labute approximate surface area is 168 Å². The maximum atomic E-state index is 12.7. The lowest BCUT2D eigenvalue weighted by Crippen LogP contribution is -2.37. The predicted octanol–water partition coefficient (Wildman–Crippen LogP) is 3.83. The van der Waals surface area contributed by atoms with E-state index in [-0.39, 0.29) is 12.5 Å². The fraction of sp³-hybridized carbons (Fsp3) is 0.409. The maximum absolute atomic E-state index is 12.7. The molecule has 1 fully saturated rings. The third-order valence-electron chi connectivity index (χ3n) is 5.29. The molecule has 3 rings (SSSR count). The van der Waals surface area contributed by atoms with E-state index in [1.807, 2.05) is 42.2 Å². The monoisotopic (exact) mass is 400 g/mol. The summed E-state index contributed by atoms with van der Waals surface area (Å²) in [5.74, 6) is 0.729. The summed E-state index contributed by atoms with van der Waals surface area (Å²) in [5.41, 5.74) is 3.14. The van der Waals surface area contributed by atoms with Crippen LogP contribution in [0.25, 0.3) is 0 Å². The van der Waals surface area contributed by atoms with Crippen LogP contribution in [0.1, 0.15) is 41.3 Å². The summed E-state index contributed by atoms with van der Waals surface area (Å²) in [6.07, 6.45) is 3.30. The summed E-state index contributed by atoms with van der Waals surface area (Å²) in [4.78, 5) is 14.6. The normalized spacial score (nSPS) is 15.5. The number of carbonyl (C=O) groups is 1. The highest BCUT2D eigenvalue weighted by atomic mass is 32.2. The van der Waals surface area contributed by atoms with Crippen molar-refractivity contribution in [2.24, 2.45) is 5.92 Å². The minimum absolute atomic E-state index is 0.0529. The Kier molecular flexibility index (Phi) is 6.08. The van der Waals surface area contributed by atoms with Gasteiger partial charge in [-0.1, -0.05) is 31.2 Å². The molecule has 0 aromatic heterocycles. The number of benzene rings is 2. The van der Waals surface area contributed by atoms with Crippen LogP contribution in [0.4, 0.5) is 5.69 Å². The van der Waals surface area contributed by atoms with E-state index in [1.165, 1.54) is 10.6 Å². The second-order valence-corrected chi connectivity index (χ2v) is 9.69. The first-order valence-electron chi connectivity index (χ1n) is 9.66. The average molecular weight is 401 g/mol. The molecule has 1 heterocycles. The van der Waals surface area contributed by atoms with E-state index >= 15 is 0 Å². The topological polar surface area (TPSA) is 57.7 Å². The first-order chi connectivity index (χ1) is 13.2. The van der Waals surface area contributed by atoms with Crippen molar-refractivity contribution in [1.29, 1.82) is 0 Å². The lowest BCUT2D eigenvalue weighted by atomic mass is 9.98. The zero-order valence-corrected chi connectivity index (χ0v) is 17.6. The number of sulfonamides is 1. The van der Waals surface area contributed by atoms with Crippen molar-refractivity contribution in [3.63, 3.8) is 0 Å². The lowest BCUT2D eigenvalue weighted by molar-refractivity contribution is 0.0697. The molecule has 6 heteroatoms. The van der Waals surface area contributed by atoms with Crippen molar-refractivity contribution in [3.05, 3.63) is 65.2 Å². The number of anilines is 1. The molecule has 1 saturated heterocycles. The van der Waals surface area contributed by atoms with Crippen molar-refractivity contribution >= 4 is 21.6 Å². The van der Waals surface area contributed by atoms with Crippen LogP contribution in [0, 0.1) is 12.8 Å². The van der Waals surface area contributed by atoms with E-state index in [2.05, 4.69) is 6.92 Å². The maximum Gasteiger partial charge on any atom is 0.253 e. The van der Waals surface area contributed by atoms with Gasteiger partial charge in [0.1, 0.15) is 0 Å². The molecule has 28 heavy (non-hydrogen) atoms. The number of hydrogen-bond donors (Lipinski definition) is 0. The quantitative estimate of drug-likeness (QED) is 0.766. The van der Waals surface area contributed by atoms with Gasteiger partial charge in [-0.2, -0.15) is 0 Å². The molecular formula is C22H28N2O3S. The largest absolute Gasteiger partial charge is 0.339 e. The van der Waals surface area contributed by atoms with Crippen LogP contribution in [0.3, 0.4) is 0 Å². The summed E-state index contributed by atoms with van der Waals surface area (Å²) >= 11 is 0. The van der Waals surface area contributed by atoms with Gasteiger partial charge in [0.05, 0.1) is 18.5 Å². The molecule has 2 aromatic rings. The van der Waals surface area contributed by atoms with Gasteiger partial charge in [-0.3, -0.25) is 9.10 Å². The number of carbonyl (C=O) groups excluding carboxylic acids is 1. The van der Waals surface area contributed by atoms with Crippen LogP contribution in [-0.2, 0) is 16.6 Å². The van der Waals surface area contributed by atoms with Crippen molar-refractivity contribution in [2.45, 2.75) is 33.2 Å². The second kappa shape index (κ2) is 8.35. The molecule has 0 radical (unpaired) electrons. The molecule has 1 aliphatic heterocycles.